The SMILES string of the molecule is Cc1[nH]c2c(C)ccc(Cl)c2c(=O)c1Cl. The maximum absolute atomic E-state index is 11.9. The second kappa shape index (κ2) is 3.54. The Kier molecular flexibility index (Phi) is 2.49. The first-order valence-corrected chi connectivity index (χ1v) is 5.25. The molecule has 0 aliphatic carbocycles. The smallest absolute Gasteiger partial charge is 0.209 e. The monoisotopic (exact) mass is 241 g/mol. The molecule has 0 saturated heterocycles. The fourth-order valence-corrected chi connectivity index (χ4v) is 1.97. The summed E-state index contributed by atoms with van der Waals surface area (Å²) in [4.78, 5) is 15.0. The Morgan fingerprint density at radius 1 is 1.20 bits per heavy atom. The van der Waals surface area contributed by atoms with Gasteiger partial charge in [-0.3, -0.25) is 4.79 Å². The summed E-state index contributed by atoms with van der Waals surface area (Å²) < 4.78 is 0. The summed E-state index contributed by atoms with van der Waals surface area (Å²) in [6.07, 6.45) is 0. The molecule has 0 saturated carbocycles. The normalized spacial score (nSPS) is 10.9. The minimum atomic E-state index is -0.211. The van der Waals surface area contributed by atoms with Crippen molar-refractivity contribution >= 4 is 34.1 Å². The van der Waals surface area contributed by atoms with Crippen molar-refractivity contribution in [1.29, 1.82) is 0 Å². The Labute approximate surface area is 96.8 Å². The quantitative estimate of drug-likeness (QED) is 0.753. The Morgan fingerprint density at radius 3 is 2.53 bits per heavy atom. The van der Waals surface area contributed by atoms with Crippen LogP contribution in [0.2, 0.25) is 10.0 Å². The highest BCUT2D eigenvalue weighted by molar-refractivity contribution is 6.36. The number of pyridine rings is 1. The summed E-state index contributed by atoms with van der Waals surface area (Å²) in [5, 5.41) is 1.10. The molecule has 0 spiro atoms. The Hall–Kier alpha value is -0.990. The van der Waals surface area contributed by atoms with E-state index in [1.165, 1.54) is 0 Å². The van der Waals surface area contributed by atoms with Crippen LogP contribution < -0.4 is 5.43 Å². The predicted octanol–water partition coefficient (Wildman–Crippen LogP) is 3.45. The van der Waals surface area contributed by atoms with Crippen molar-refractivity contribution in [1.82, 2.24) is 4.98 Å². The number of halogens is 2. The molecule has 1 N–H and O–H groups in total. The molecule has 1 aromatic heterocycles. The van der Waals surface area contributed by atoms with Crippen LogP contribution in [-0.2, 0) is 0 Å². The molecule has 0 fully saturated rings. The molecule has 0 bridgehead atoms. The predicted molar refractivity (Wildman–Crippen MR) is 64.1 cm³/mol. The van der Waals surface area contributed by atoms with E-state index in [0.717, 1.165) is 11.1 Å². The second-order valence-electron chi connectivity index (χ2n) is 3.51. The number of aromatic nitrogens is 1. The van der Waals surface area contributed by atoms with Crippen LogP contribution in [0.5, 0.6) is 0 Å². The molecule has 2 rings (SSSR count). The highest BCUT2D eigenvalue weighted by atomic mass is 35.5. The summed E-state index contributed by atoms with van der Waals surface area (Å²) in [5.74, 6) is 0. The number of rotatable bonds is 0. The van der Waals surface area contributed by atoms with Gasteiger partial charge < -0.3 is 4.98 Å². The van der Waals surface area contributed by atoms with Gasteiger partial charge in [0.25, 0.3) is 0 Å². The van der Waals surface area contributed by atoms with Gasteiger partial charge in [0.2, 0.25) is 5.43 Å². The molecule has 1 aromatic carbocycles. The third kappa shape index (κ3) is 1.54. The van der Waals surface area contributed by atoms with Gasteiger partial charge in [-0.1, -0.05) is 29.3 Å². The van der Waals surface area contributed by atoms with Gasteiger partial charge in [0.1, 0.15) is 5.02 Å². The highest BCUT2D eigenvalue weighted by Crippen LogP contribution is 2.24. The first kappa shape index (κ1) is 10.5. The van der Waals surface area contributed by atoms with Crippen LogP contribution >= 0.6 is 23.2 Å². The number of fused-ring (bicyclic) bond motifs is 1. The molecule has 1 heterocycles. The minimum absolute atomic E-state index is 0.204. The summed E-state index contributed by atoms with van der Waals surface area (Å²) in [7, 11) is 0. The molecule has 2 aromatic rings. The van der Waals surface area contributed by atoms with Crippen LogP contribution in [-0.4, -0.2) is 4.98 Å². The number of aryl methyl sites for hydroxylation is 2. The molecule has 0 aliphatic rings. The molecule has 78 valence electrons. The lowest BCUT2D eigenvalue weighted by Crippen LogP contribution is -2.07. The first-order valence-electron chi connectivity index (χ1n) is 4.49. The number of hydrogen-bond donors (Lipinski definition) is 1. The molecular weight excluding hydrogens is 233 g/mol. The maximum atomic E-state index is 11.9. The van der Waals surface area contributed by atoms with Crippen LogP contribution in [0.1, 0.15) is 11.3 Å². The average molecular weight is 242 g/mol. The Bertz CT molecular complexity index is 602. The Balaban J connectivity index is 3.12. The third-order valence-electron chi connectivity index (χ3n) is 2.43. The van der Waals surface area contributed by atoms with E-state index >= 15 is 0 Å². The molecule has 0 radical (unpaired) electrons. The lowest BCUT2D eigenvalue weighted by atomic mass is 10.1. The van der Waals surface area contributed by atoms with Gasteiger partial charge in [-0.25, -0.2) is 0 Å². The van der Waals surface area contributed by atoms with Crippen LogP contribution in [0.3, 0.4) is 0 Å². The summed E-state index contributed by atoms with van der Waals surface area (Å²) in [6, 6.07) is 3.58. The summed E-state index contributed by atoms with van der Waals surface area (Å²) in [6.45, 7) is 3.69. The van der Waals surface area contributed by atoms with E-state index in [2.05, 4.69) is 4.98 Å². The van der Waals surface area contributed by atoms with Gasteiger partial charge in [-0.05, 0) is 25.5 Å². The number of benzene rings is 1. The van der Waals surface area contributed by atoms with Gasteiger partial charge in [0.15, 0.2) is 0 Å². The molecule has 0 unspecified atom stereocenters. The lowest BCUT2D eigenvalue weighted by Gasteiger charge is -2.06. The molecule has 0 amide bonds. The van der Waals surface area contributed by atoms with Crippen molar-refractivity contribution in [2.24, 2.45) is 0 Å². The lowest BCUT2D eigenvalue weighted by molar-refractivity contribution is 1.23. The minimum Gasteiger partial charge on any atom is -0.357 e. The van der Waals surface area contributed by atoms with E-state index in [4.69, 9.17) is 23.2 Å². The standard InChI is InChI=1S/C11H9Cl2NO/c1-5-3-4-7(12)8-10(5)14-6(2)9(13)11(8)15/h3-4H,1-2H3,(H,14,15). The van der Waals surface area contributed by atoms with Gasteiger partial charge in [0, 0.05) is 5.69 Å². The van der Waals surface area contributed by atoms with Crippen LogP contribution in [0, 0.1) is 13.8 Å². The van der Waals surface area contributed by atoms with E-state index in [1.54, 1.807) is 13.0 Å². The fourth-order valence-electron chi connectivity index (χ4n) is 1.59. The summed E-state index contributed by atoms with van der Waals surface area (Å²) in [5.41, 5.74) is 2.19. The third-order valence-corrected chi connectivity index (χ3v) is 3.20. The number of aromatic amines is 1. The number of H-pyrrole nitrogens is 1. The van der Waals surface area contributed by atoms with E-state index in [-0.39, 0.29) is 10.5 Å². The maximum Gasteiger partial charge on any atom is 0.209 e. The second-order valence-corrected chi connectivity index (χ2v) is 4.29. The van der Waals surface area contributed by atoms with Gasteiger partial charge in [-0.15, -0.1) is 0 Å². The molecular formula is C11H9Cl2NO. The van der Waals surface area contributed by atoms with Gasteiger partial charge >= 0.3 is 0 Å². The van der Waals surface area contributed by atoms with E-state index in [0.29, 0.717) is 16.1 Å². The van der Waals surface area contributed by atoms with Crippen molar-refractivity contribution in [3.05, 3.63) is 43.7 Å². The van der Waals surface area contributed by atoms with Gasteiger partial charge in [-0.2, -0.15) is 0 Å². The van der Waals surface area contributed by atoms with Crippen molar-refractivity contribution < 1.29 is 0 Å². The highest BCUT2D eigenvalue weighted by Gasteiger charge is 2.11. The van der Waals surface area contributed by atoms with Crippen molar-refractivity contribution in [2.75, 3.05) is 0 Å². The molecule has 0 aliphatic heterocycles. The first-order chi connectivity index (χ1) is 7.02. The average Bonchev–Trinajstić information content (AvgIpc) is 2.20. The van der Waals surface area contributed by atoms with Crippen LogP contribution in [0.15, 0.2) is 16.9 Å². The molecule has 4 heteroatoms. The number of nitrogens with one attached hydrogen (secondary N) is 1. The zero-order valence-electron chi connectivity index (χ0n) is 8.32. The number of hydrogen-bond acceptors (Lipinski definition) is 1. The molecule has 2 nitrogen and oxygen atoms in total. The van der Waals surface area contributed by atoms with Crippen molar-refractivity contribution in [2.45, 2.75) is 13.8 Å². The van der Waals surface area contributed by atoms with Gasteiger partial charge in [0.05, 0.1) is 15.9 Å². The summed E-state index contributed by atoms with van der Waals surface area (Å²) >= 11 is 11.9. The van der Waals surface area contributed by atoms with Crippen molar-refractivity contribution in [3.63, 3.8) is 0 Å². The zero-order chi connectivity index (χ0) is 11.2. The van der Waals surface area contributed by atoms with E-state index in [9.17, 15) is 4.79 Å². The van der Waals surface area contributed by atoms with Crippen LogP contribution in [0.25, 0.3) is 10.9 Å². The molecule has 15 heavy (non-hydrogen) atoms. The van der Waals surface area contributed by atoms with Crippen LogP contribution in [0.4, 0.5) is 0 Å². The largest absolute Gasteiger partial charge is 0.357 e. The Morgan fingerprint density at radius 2 is 1.87 bits per heavy atom. The fraction of sp³-hybridized carbons (Fsp3) is 0.182. The van der Waals surface area contributed by atoms with E-state index < -0.39 is 0 Å². The topological polar surface area (TPSA) is 32.9 Å². The molecule has 0 atom stereocenters. The van der Waals surface area contributed by atoms with Crippen molar-refractivity contribution in [3.8, 4) is 0 Å². The zero-order valence-corrected chi connectivity index (χ0v) is 9.83. The van der Waals surface area contributed by atoms with E-state index in [1.807, 2.05) is 13.0 Å².